The molecule has 0 heterocycles. The van der Waals surface area contributed by atoms with Crippen molar-refractivity contribution < 1.29 is 14.0 Å². The molecule has 0 radical (unpaired) electrons. The van der Waals surface area contributed by atoms with E-state index in [0.717, 1.165) is 12.8 Å². The standard InChI is InChI=1S/C21H23ClFN3O2/c22-16-7-9-17(10-8-16)25-20(27)6-3-13-24-21(28)26(18-11-12-18)14-15-4-1-2-5-19(15)23/h1-2,4-5,7-10,18H,3,6,11-14H2,(H,24,28)(H,25,27). The molecule has 0 unspecified atom stereocenters. The summed E-state index contributed by atoms with van der Waals surface area (Å²) >= 11 is 5.81. The Morgan fingerprint density at radius 2 is 1.82 bits per heavy atom. The monoisotopic (exact) mass is 403 g/mol. The fourth-order valence-electron chi connectivity index (χ4n) is 2.87. The Kier molecular flexibility index (Phi) is 6.87. The predicted octanol–water partition coefficient (Wildman–Crippen LogP) is 4.57. The van der Waals surface area contributed by atoms with Gasteiger partial charge >= 0.3 is 6.03 Å². The van der Waals surface area contributed by atoms with Crippen molar-refractivity contribution in [3.8, 4) is 0 Å². The van der Waals surface area contributed by atoms with E-state index in [4.69, 9.17) is 11.6 Å². The van der Waals surface area contributed by atoms with Crippen LogP contribution in [0.25, 0.3) is 0 Å². The van der Waals surface area contributed by atoms with Crippen LogP contribution in [0.2, 0.25) is 5.02 Å². The molecule has 7 heteroatoms. The molecule has 1 aliphatic rings. The van der Waals surface area contributed by atoms with Crippen LogP contribution in [0.1, 0.15) is 31.2 Å². The molecule has 28 heavy (non-hydrogen) atoms. The number of hydrogen-bond acceptors (Lipinski definition) is 2. The number of nitrogens with zero attached hydrogens (tertiary/aromatic N) is 1. The first kappa shape index (κ1) is 20.1. The minimum Gasteiger partial charge on any atom is -0.338 e. The SMILES string of the molecule is O=C(CCCNC(=O)N(Cc1ccccc1F)C1CC1)Nc1ccc(Cl)cc1. The molecule has 5 nitrogen and oxygen atoms in total. The molecule has 0 bridgehead atoms. The molecular weight excluding hydrogens is 381 g/mol. The number of hydrogen-bond donors (Lipinski definition) is 2. The lowest BCUT2D eigenvalue weighted by Crippen LogP contribution is -2.41. The Morgan fingerprint density at radius 3 is 2.50 bits per heavy atom. The van der Waals surface area contributed by atoms with Crippen molar-refractivity contribution in [2.45, 2.75) is 38.3 Å². The fourth-order valence-corrected chi connectivity index (χ4v) is 2.99. The van der Waals surface area contributed by atoms with Gasteiger partial charge in [-0.1, -0.05) is 29.8 Å². The van der Waals surface area contributed by atoms with Gasteiger partial charge in [-0.3, -0.25) is 4.79 Å². The second-order valence-electron chi connectivity index (χ2n) is 6.84. The van der Waals surface area contributed by atoms with Crippen LogP contribution >= 0.6 is 11.6 Å². The number of rotatable bonds is 8. The summed E-state index contributed by atoms with van der Waals surface area (Å²) in [7, 11) is 0. The van der Waals surface area contributed by atoms with Gasteiger partial charge in [0.1, 0.15) is 5.82 Å². The minimum atomic E-state index is -0.306. The maximum absolute atomic E-state index is 13.9. The lowest BCUT2D eigenvalue weighted by atomic mass is 10.2. The third kappa shape index (κ3) is 5.96. The highest BCUT2D eigenvalue weighted by molar-refractivity contribution is 6.30. The van der Waals surface area contributed by atoms with Crippen LogP contribution in [-0.2, 0) is 11.3 Å². The van der Waals surface area contributed by atoms with Crippen molar-refractivity contribution in [2.24, 2.45) is 0 Å². The molecule has 2 aromatic carbocycles. The van der Waals surface area contributed by atoms with E-state index in [1.165, 1.54) is 6.07 Å². The molecule has 2 aromatic rings. The second kappa shape index (κ2) is 9.55. The number of amides is 3. The van der Waals surface area contributed by atoms with Crippen LogP contribution < -0.4 is 10.6 Å². The Balaban J connectivity index is 1.41. The van der Waals surface area contributed by atoms with Gasteiger partial charge in [0.25, 0.3) is 0 Å². The van der Waals surface area contributed by atoms with Crippen molar-refractivity contribution in [1.82, 2.24) is 10.2 Å². The number of halogens is 2. The number of nitrogens with one attached hydrogen (secondary N) is 2. The fraction of sp³-hybridized carbons (Fsp3) is 0.333. The second-order valence-corrected chi connectivity index (χ2v) is 7.28. The lowest BCUT2D eigenvalue weighted by molar-refractivity contribution is -0.116. The average molecular weight is 404 g/mol. The molecular formula is C21H23ClFN3O2. The number of carbonyl (C=O) groups excluding carboxylic acids is 2. The quantitative estimate of drug-likeness (QED) is 0.634. The Bertz CT molecular complexity index is 825. The van der Waals surface area contributed by atoms with Crippen LogP contribution in [0.5, 0.6) is 0 Å². The van der Waals surface area contributed by atoms with Crippen LogP contribution in [0.15, 0.2) is 48.5 Å². The summed E-state index contributed by atoms with van der Waals surface area (Å²) in [6.45, 7) is 0.633. The zero-order valence-corrected chi connectivity index (χ0v) is 16.2. The predicted molar refractivity (Wildman–Crippen MR) is 108 cm³/mol. The first-order valence-corrected chi connectivity index (χ1v) is 9.74. The van der Waals surface area contributed by atoms with Gasteiger partial charge in [-0.15, -0.1) is 0 Å². The summed E-state index contributed by atoms with van der Waals surface area (Å²) in [5, 5.41) is 6.23. The maximum atomic E-state index is 13.9. The Labute approximate surface area is 168 Å². The van der Waals surface area contributed by atoms with Crippen molar-refractivity contribution in [1.29, 1.82) is 0 Å². The first-order valence-electron chi connectivity index (χ1n) is 9.36. The molecule has 0 atom stereocenters. The van der Waals surface area contributed by atoms with Crippen LogP contribution in [0.4, 0.5) is 14.9 Å². The molecule has 1 fully saturated rings. The summed E-state index contributed by atoms with van der Waals surface area (Å²) in [5.41, 5.74) is 1.19. The van der Waals surface area contributed by atoms with E-state index >= 15 is 0 Å². The van der Waals surface area contributed by atoms with E-state index in [0.29, 0.717) is 35.7 Å². The highest BCUT2D eigenvalue weighted by Gasteiger charge is 2.32. The number of urea groups is 1. The van der Waals surface area contributed by atoms with Gasteiger partial charge < -0.3 is 15.5 Å². The normalized spacial score (nSPS) is 13.1. The lowest BCUT2D eigenvalue weighted by Gasteiger charge is -2.23. The molecule has 0 spiro atoms. The summed E-state index contributed by atoms with van der Waals surface area (Å²) in [6.07, 6.45) is 2.68. The van der Waals surface area contributed by atoms with E-state index in [-0.39, 0.29) is 30.3 Å². The highest BCUT2D eigenvalue weighted by atomic mass is 35.5. The maximum Gasteiger partial charge on any atom is 0.317 e. The van der Waals surface area contributed by atoms with Crippen molar-refractivity contribution in [2.75, 3.05) is 11.9 Å². The topological polar surface area (TPSA) is 61.4 Å². The summed E-state index contributed by atoms with van der Waals surface area (Å²) in [6, 6.07) is 13.3. The van der Waals surface area contributed by atoms with E-state index in [1.807, 2.05) is 0 Å². The number of benzene rings is 2. The molecule has 0 saturated heterocycles. The Morgan fingerprint density at radius 1 is 1.11 bits per heavy atom. The van der Waals surface area contributed by atoms with E-state index < -0.39 is 0 Å². The van der Waals surface area contributed by atoms with Gasteiger partial charge in [0.15, 0.2) is 0 Å². The largest absolute Gasteiger partial charge is 0.338 e. The van der Waals surface area contributed by atoms with Crippen LogP contribution in [0, 0.1) is 5.82 Å². The van der Waals surface area contributed by atoms with Crippen LogP contribution in [0.3, 0.4) is 0 Å². The van der Waals surface area contributed by atoms with Gasteiger partial charge in [-0.2, -0.15) is 0 Å². The molecule has 148 valence electrons. The van der Waals surface area contributed by atoms with Crippen LogP contribution in [-0.4, -0.2) is 29.4 Å². The first-order chi connectivity index (χ1) is 13.5. The summed E-state index contributed by atoms with van der Waals surface area (Å²) in [5.74, 6) is -0.429. The minimum absolute atomic E-state index is 0.123. The zero-order chi connectivity index (χ0) is 19.9. The molecule has 1 saturated carbocycles. The molecule has 3 rings (SSSR count). The van der Waals surface area contributed by atoms with E-state index in [2.05, 4.69) is 10.6 Å². The molecule has 0 aromatic heterocycles. The summed E-state index contributed by atoms with van der Waals surface area (Å²) < 4.78 is 13.9. The third-order valence-corrected chi connectivity index (χ3v) is 4.78. The molecule has 2 N–H and O–H groups in total. The van der Waals surface area contributed by atoms with Crippen molar-refractivity contribution in [3.63, 3.8) is 0 Å². The van der Waals surface area contributed by atoms with E-state index in [9.17, 15) is 14.0 Å². The average Bonchev–Trinajstić information content (AvgIpc) is 3.51. The smallest absolute Gasteiger partial charge is 0.317 e. The highest BCUT2D eigenvalue weighted by Crippen LogP contribution is 2.28. The number of carbonyl (C=O) groups is 2. The molecule has 1 aliphatic carbocycles. The van der Waals surface area contributed by atoms with E-state index in [1.54, 1.807) is 47.4 Å². The van der Waals surface area contributed by atoms with Gasteiger partial charge in [0.05, 0.1) is 6.54 Å². The van der Waals surface area contributed by atoms with Gasteiger partial charge in [-0.25, -0.2) is 9.18 Å². The van der Waals surface area contributed by atoms with Gasteiger partial charge in [0, 0.05) is 35.3 Å². The zero-order valence-electron chi connectivity index (χ0n) is 15.5. The van der Waals surface area contributed by atoms with Gasteiger partial charge in [0.2, 0.25) is 5.91 Å². The van der Waals surface area contributed by atoms with Gasteiger partial charge in [-0.05, 0) is 49.6 Å². The Hall–Kier alpha value is -2.60. The third-order valence-electron chi connectivity index (χ3n) is 4.53. The van der Waals surface area contributed by atoms with Crippen molar-refractivity contribution >= 4 is 29.2 Å². The van der Waals surface area contributed by atoms with Crippen molar-refractivity contribution in [3.05, 3.63) is 64.9 Å². The number of anilines is 1. The molecule has 3 amide bonds. The summed E-state index contributed by atoms with van der Waals surface area (Å²) in [4.78, 5) is 26.1. The molecule has 0 aliphatic heterocycles.